The maximum atomic E-state index is 12.5. The second kappa shape index (κ2) is 7.59. The predicted octanol–water partition coefficient (Wildman–Crippen LogP) is 4.56. The lowest BCUT2D eigenvalue weighted by molar-refractivity contribution is 0.102. The fourth-order valence-corrected chi connectivity index (χ4v) is 2.72. The van der Waals surface area contributed by atoms with Crippen LogP contribution in [-0.4, -0.2) is 15.7 Å². The summed E-state index contributed by atoms with van der Waals surface area (Å²) in [5.41, 5.74) is 1.83. The van der Waals surface area contributed by atoms with Crippen molar-refractivity contribution < 1.29 is 9.53 Å². The summed E-state index contributed by atoms with van der Waals surface area (Å²) in [6, 6.07) is 12.2. The number of para-hydroxylation sites is 1. The number of amides is 1. The molecule has 0 spiro atoms. The largest absolute Gasteiger partial charge is 0.488 e. The lowest BCUT2D eigenvalue weighted by Crippen LogP contribution is -2.13. The molecule has 7 heteroatoms. The van der Waals surface area contributed by atoms with Gasteiger partial charge in [0.05, 0.1) is 17.4 Å². The minimum absolute atomic E-state index is 0.229. The number of carbonyl (C=O) groups excluding carboxylic acids is 1. The van der Waals surface area contributed by atoms with E-state index in [0.29, 0.717) is 27.0 Å². The summed E-state index contributed by atoms with van der Waals surface area (Å²) >= 11 is 12.0. The molecular formula is C18H15Cl2N3O2. The molecule has 1 heterocycles. The van der Waals surface area contributed by atoms with E-state index in [-0.39, 0.29) is 12.5 Å². The molecule has 0 aliphatic heterocycles. The van der Waals surface area contributed by atoms with E-state index in [4.69, 9.17) is 27.9 Å². The van der Waals surface area contributed by atoms with Crippen LogP contribution >= 0.6 is 23.2 Å². The normalized spacial score (nSPS) is 10.5. The number of rotatable bonds is 5. The van der Waals surface area contributed by atoms with Crippen LogP contribution in [0.1, 0.15) is 15.9 Å². The van der Waals surface area contributed by atoms with Gasteiger partial charge in [0.1, 0.15) is 12.4 Å². The number of benzene rings is 2. The third kappa shape index (κ3) is 4.32. The van der Waals surface area contributed by atoms with Crippen molar-refractivity contribution in [3.8, 4) is 5.75 Å². The molecule has 0 aliphatic carbocycles. The molecule has 3 rings (SSSR count). The molecule has 0 fully saturated rings. The van der Waals surface area contributed by atoms with Crippen molar-refractivity contribution in [1.29, 1.82) is 0 Å². The fraction of sp³-hybridized carbons (Fsp3) is 0.111. The molecule has 0 saturated carbocycles. The van der Waals surface area contributed by atoms with E-state index in [2.05, 4.69) is 10.4 Å². The molecule has 0 atom stereocenters. The fourth-order valence-electron chi connectivity index (χ4n) is 2.26. The van der Waals surface area contributed by atoms with Crippen LogP contribution in [0.15, 0.2) is 54.9 Å². The molecule has 1 aromatic heterocycles. The highest BCUT2D eigenvalue weighted by atomic mass is 35.5. The average Bonchev–Trinajstić information content (AvgIpc) is 2.99. The van der Waals surface area contributed by atoms with Crippen molar-refractivity contribution in [2.45, 2.75) is 6.61 Å². The number of hydrogen-bond acceptors (Lipinski definition) is 3. The van der Waals surface area contributed by atoms with Crippen LogP contribution in [0, 0.1) is 0 Å². The van der Waals surface area contributed by atoms with E-state index in [9.17, 15) is 4.79 Å². The summed E-state index contributed by atoms with van der Waals surface area (Å²) in [6.45, 7) is 0.229. The van der Waals surface area contributed by atoms with Gasteiger partial charge in [-0.25, -0.2) is 0 Å². The van der Waals surface area contributed by atoms with Crippen LogP contribution in [-0.2, 0) is 13.7 Å². The average molecular weight is 376 g/mol. The Balaban J connectivity index is 1.75. The van der Waals surface area contributed by atoms with Crippen LogP contribution in [0.3, 0.4) is 0 Å². The Morgan fingerprint density at radius 1 is 1.24 bits per heavy atom. The van der Waals surface area contributed by atoms with E-state index in [0.717, 1.165) is 5.56 Å². The van der Waals surface area contributed by atoms with Crippen LogP contribution in [0.4, 0.5) is 5.69 Å². The molecular weight excluding hydrogens is 361 g/mol. The van der Waals surface area contributed by atoms with Gasteiger partial charge in [-0.3, -0.25) is 9.48 Å². The van der Waals surface area contributed by atoms with E-state index in [1.54, 1.807) is 66.6 Å². The van der Waals surface area contributed by atoms with Gasteiger partial charge in [-0.2, -0.15) is 5.10 Å². The zero-order chi connectivity index (χ0) is 17.8. The molecule has 2 aromatic carbocycles. The van der Waals surface area contributed by atoms with Crippen LogP contribution in [0.5, 0.6) is 5.75 Å². The molecule has 1 N–H and O–H groups in total. The minimum Gasteiger partial charge on any atom is -0.488 e. The van der Waals surface area contributed by atoms with Crippen molar-refractivity contribution in [2.24, 2.45) is 7.05 Å². The monoisotopic (exact) mass is 375 g/mol. The van der Waals surface area contributed by atoms with E-state index >= 15 is 0 Å². The van der Waals surface area contributed by atoms with Gasteiger partial charge in [0.15, 0.2) is 0 Å². The van der Waals surface area contributed by atoms with E-state index in [1.807, 2.05) is 0 Å². The van der Waals surface area contributed by atoms with Crippen molar-refractivity contribution in [3.05, 3.63) is 76.0 Å². The van der Waals surface area contributed by atoms with Gasteiger partial charge in [0.2, 0.25) is 0 Å². The maximum absolute atomic E-state index is 12.5. The Kier molecular flexibility index (Phi) is 5.26. The van der Waals surface area contributed by atoms with Crippen LogP contribution in [0.2, 0.25) is 10.0 Å². The molecule has 0 saturated heterocycles. The van der Waals surface area contributed by atoms with Crippen molar-refractivity contribution >= 4 is 34.8 Å². The number of carbonyl (C=O) groups is 1. The summed E-state index contributed by atoms with van der Waals surface area (Å²) in [7, 11) is 1.78. The minimum atomic E-state index is -0.272. The number of aryl methyl sites for hydroxylation is 1. The number of ether oxygens (including phenoxy) is 1. The molecule has 25 heavy (non-hydrogen) atoms. The van der Waals surface area contributed by atoms with E-state index < -0.39 is 0 Å². The summed E-state index contributed by atoms with van der Waals surface area (Å²) in [6.07, 6.45) is 3.30. The Morgan fingerprint density at radius 2 is 2.04 bits per heavy atom. The highest BCUT2D eigenvalue weighted by molar-refractivity contribution is 6.35. The van der Waals surface area contributed by atoms with Gasteiger partial charge < -0.3 is 10.1 Å². The predicted molar refractivity (Wildman–Crippen MR) is 98.4 cm³/mol. The number of halogens is 2. The third-order valence-electron chi connectivity index (χ3n) is 3.49. The van der Waals surface area contributed by atoms with Gasteiger partial charge in [-0.1, -0.05) is 41.4 Å². The molecule has 0 bridgehead atoms. The zero-order valence-electron chi connectivity index (χ0n) is 13.4. The first kappa shape index (κ1) is 17.3. The lowest BCUT2D eigenvalue weighted by atomic mass is 10.2. The molecule has 5 nitrogen and oxygen atoms in total. The zero-order valence-corrected chi connectivity index (χ0v) is 14.9. The molecule has 3 aromatic rings. The second-order valence-electron chi connectivity index (χ2n) is 5.38. The number of nitrogens with zero attached hydrogens (tertiary/aromatic N) is 2. The first-order chi connectivity index (χ1) is 12.0. The van der Waals surface area contributed by atoms with Crippen LogP contribution < -0.4 is 10.1 Å². The molecule has 0 aliphatic rings. The summed E-state index contributed by atoms with van der Waals surface area (Å²) in [5.74, 6) is 0.195. The number of hydrogen-bond donors (Lipinski definition) is 1. The Bertz CT molecular complexity index is 909. The van der Waals surface area contributed by atoms with Gasteiger partial charge in [0, 0.05) is 28.9 Å². The topological polar surface area (TPSA) is 56.2 Å². The Labute approximate surface area is 155 Å². The van der Waals surface area contributed by atoms with Crippen molar-refractivity contribution in [3.63, 3.8) is 0 Å². The summed E-state index contributed by atoms with van der Waals surface area (Å²) < 4.78 is 7.41. The highest BCUT2D eigenvalue weighted by Gasteiger charge is 2.13. The third-order valence-corrected chi connectivity index (χ3v) is 4.08. The van der Waals surface area contributed by atoms with Gasteiger partial charge in [-0.15, -0.1) is 0 Å². The SMILES string of the molecule is Cn1cc(NC(=O)c2ccccc2OCc2ccc(Cl)cc2Cl)cn1. The van der Waals surface area contributed by atoms with Crippen molar-refractivity contribution in [1.82, 2.24) is 9.78 Å². The quantitative estimate of drug-likeness (QED) is 0.710. The van der Waals surface area contributed by atoms with Crippen molar-refractivity contribution in [2.75, 3.05) is 5.32 Å². The first-order valence-corrected chi connectivity index (χ1v) is 8.24. The van der Waals surface area contributed by atoms with Crippen LogP contribution in [0.25, 0.3) is 0 Å². The lowest BCUT2D eigenvalue weighted by Gasteiger charge is -2.12. The summed E-state index contributed by atoms with van der Waals surface area (Å²) in [4.78, 5) is 12.5. The standard InChI is InChI=1S/C18H15Cl2N3O2/c1-23-10-14(9-21-23)22-18(24)15-4-2-3-5-17(15)25-11-12-6-7-13(19)8-16(12)20/h2-10H,11H2,1H3,(H,22,24). The molecule has 0 unspecified atom stereocenters. The van der Waals surface area contributed by atoms with Gasteiger partial charge >= 0.3 is 0 Å². The van der Waals surface area contributed by atoms with Gasteiger partial charge in [-0.05, 0) is 24.3 Å². The molecule has 0 radical (unpaired) electrons. The Morgan fingerprint density at radius 3 is 2.76 bits per heavy atom. The van der Waals surface area contributed by atoms with E-state index in [1.165, 1.54) is 0 Å². The highest BCUT2D eigenvalue weighted by Crippen LogP contribution is 2.25. The first-order valence-electron chi connectivity index (χ1n) is 7.48. The summed E-state index contributed by atoms with van der Waals surface area (Å²) in [5, 5.41) is 7.89. The number of nitrogens with one attached hydrogen (secondary N) is 1. The molecule has 1 amide bonds. The number of aromatic nitrogens is 2. The second-order valence-corrected chi connectivity index (χ2v) is 6.22. The Hall–Kier alpha value is -2.50. The molecule has 128 valence electrons. The maximum Gasteiger partial charge on any atom is 0.259 e. The van der Waals surface area contributed by atoms with Gasteiger partial charge in [0.25, 0.3) is 5.91 Å². The number of anilines is 1. The smallest absolute Gasteiger partial charge is 0.259 e.